The predicted molar refractivity (Wildman–Crippen MR) is 91.5 cm³/mol. The minimum atomic E-state index is -0.608. The fourth-order valence-electron chi connectivity index (χ4n) is 1.91. The highest BCUT2D eigenvalue weighted by molar-refractivity contribution is 9.10. The first-order valence-electron chi connectivity index (χ1n) is 7.42. The van der Waals surface area contributed by atoms with Gasteiger partial charge in [-0.05, 0) is 31.0 Å². The lowest BCUT2D eigenvalue weighted by Gasteiger charge is -2.05. The number of hydrogen-bond acceptors (Lipinski definition) is 5. The van der Waals surface area contributed by atoms with Gasteiger partial charge in [0.15, 0.2) is 5.82 Å². The maximum Gasteiger partial charge on any atom is 0.412 e. The normalized spacial score (nSPS) is 10.2. The number of carbonyl (C=O) groups excluding carboxylic acids is 2. The molecule has 0 radical (unpaired) electrons. The third-order valence-corrected chi connectivity index (χ3v) is 3.53. The van der Waals surface area contributed by atoms with Crippen molar-refractivity contribution in [2.75, 3.05) is 18.5 Å². The fourth-order valence-corrected chi connectivity index (χ4v) is 2.17. The summed E-state index contributed by atoms with van der Waals surface area (Å²) < 4.78 is 7.10. The highest BCUT2D eigenvalue weighted by atomic mass is 79.9. The molecule has 1 heterocycles. The lowest BCUT2D eigenvalue weighted by atomic mass is 10.1. The minimum Gasteiger partial charge on any atom is -0.450 e. The van der Waals surface area contributed by atoms with E-state index in [0.717, 1.165) is 16.5 Å². The molecule has 8 nitrogen and oxygen atoms in total. The van der Waals surface area contributed by atoms with Crippen LogP contribution in [0.5, 0.6) is 0 Å². The van der Waals surface area contributed by atoms with Crippen LogP contribution in [0.25, 0.3) is 0 Å². The van der Waals surface area contributed by atoms with Crippen LogP contribution in [-0.4, -0.2) is 40.1 Å². The van der Waals surface area contributed by atoms with Crippen LogP contribution in [0.4, 0.5) is 10.6 Å². The first-order chi connectivity index (χ1) is 11.6. The summed E-state index contributed by atoms with van der Waals surface area (Å²) >= 11 is 3.38. The Morgan fingerprint density at radius 1 is 1.29 bits per heavy atom. The summed E-state index contributed by atoms with van der Waals surface area (Å²) in [6, 6.07) is 7.93. The van der Waals surface area contributed by atoms with E-state index in [4.69, 9.17) is 4.74 Å². The summed E-state index contributed by atoms with van der Waals surface area (Å²) in [6.45, 7) is 2.52. The molecular weight excluding hydrogens is 378 g/mol. The molecule has 0 aliphatic rings. The van der Waals surface area contributed by atoms with E-state index >= 15 is 0 Å². The van der Waals surface area contributed by atoms with Gasteiger partial charge in [0.25, 0.3) is 0 Å². The number of ether oxygens (including phenoxy) is 1. The van der Waals surface area contributed by atoms with E-state index in [0.29, 0.717) is 6.54 Å². The number of carbonyl (C=O) groups is 2. The van der Waals surface area contributed by atoms with E-state index < -0.39 is 6.09 Å². The second kappa shape index (κ2) is 9.02. The molecule has 0 aliphatic carbocycles. The molecular formula is C15H18BrN5O3. The van der Waals surface area contributed by atoms with Gasteiger partial charge in [0.2, 0.25) is 5.91 Å². The Morgan fingerprint density at radius 3 is 2.75 bits per heavy atom. The number of nitrogens with one attached hydrogen (secondary N) is 2. The molecule has 0 saturated carbocycles. The molecule has 9 heteroatoms. The highest BCUT2D eigenvalue weighted by Gasteiger charge is 2.08. The average Bonchev–Trinajstić information content (AvgIpc) is 2.96. The molecule has 1 aromatic heterocycles. The van der Waals surface area contributed by atoms with Crippen LogP contribution in [-0.2, 0) is 22.5 Å². The Morgan fingerprint density at radius 2 is 2.04 bits per heavy atom. The highest BCUT2D eigenvalue weighted by Crippen LogP contribution is 2.10. The van der Waals surface area contributed by atoms with Gasteiger partial charge in [-0.15, -0.1) is 5.10 Å². The van der Waals surface area contributed by atoms with Crippen molar-refractivity contribution in [3.05, 3.63) is 40.5 Å². The Bertz CT molecular complexity index is 687. The van der Waals surface area contributed by atoms with Crippen LogP contribution in [0.1, 0.15) is 12.5 Å². The predicted octanol–water partition coefficient (Wildman–Crippen LogP) is 1.97. The molecule has 0 spiro atoms. The number of hydrogen-bond donors (Lipinski definition) is 2. The van der Waals surface area contributed by atoms with Crippen molar-refractivity contribution in [2.24, 2.45) is 0 Å². The number of amides is 2. The smallest absolute Gasteiger partial charge is 0.412 e. The SMILES string of the molecule is CCOC(=O)Nc1cn(CC(=O)NCCc2ccc(Br)cc2)nn1. The molecule has 24 heavy (non-hydrogen) atoms. The van der Waals surface area contributed by atoms with E-state index in [1.807, 2.05) is 24.3 Å². The average molecular weight is 396 g/mol. The van der Waals surface area contributed by atoms with Gasteiger partial charge in [-0.25, -0.2) is 9.48 Å². The third kappa shape index (κ3) is 5.99. The molecule has 0 unspecified atom stereocenters. The molecule has 1 aromatic carbocycles. The van der Waals surface area contributed by atoms with Crippen molar-refractivity contribution in [1.82, 2.24) is 20.3 Å². The summed E-state index contributed by atoms with van der Waals surface area (Å²) in [6.07, 6.45) is 1.60. The van der Waals surface area contributed by atoms with Crippen molar-refractivity contribution in [3.63, 3.8) is 0 Å². The summed E-state index contributed by atoms with van der Waals surface area (Å²) in [7, 11) is 0. The molecule has 0 bridgehead atoms. The second-order valence-electron chi connectivity index (χ2n) is 4.87. The van der Waals surface area contributed by atoms with Gasteiger partial charge in [-0.3, -0.25) is 10.1 Å². The van der Waals surface area contributed by atoms with Gasteiger partial charge in [-0.2, -0.15) is 0 Å². The molecule has 0 atom stereocenters. The summed E-state index contributed by atoms with van der Waals surface area (Å²) in [5.41, 5.74) is 1.14. The van der Waals surface area contributed by atoms with Crippen molar-refractivity contribution < 1.29 is 14.3 Å². The molecule has 0 fully saturated rings. The van der Waals surface area contributed by atoms with E-state index in [1.54, 1.807) is 6.92 Å². The van der Waals surface area contributed by atoms with Gasteiger partial charge >= 0.3 is 6.09 Å². The van der Waals surface area contributed by atoms with Crippen LogP contribution in [0.2, 0.25) is 0 Å². The number of anilines is 1. The van der Waals surface area contributed by atoms with Crippen molar-refractivity contribution in [3.8, 4) is 0 Å². The standard InChI is InChI=1S/C15H18BrN5O3/c1-2-24-15(23)18-13-9-21(20-19-13)10-14(22)17-8-7-11-3-5-12(16)6-4-11/h3-6,9H,2,7-8,10H2,1H3,(H,17,22)(H,18,23). The third-order valence-electron chi connectivity index (χ3n) is 3.00. The Balaban J connectivity index is 1.73. The van der Waals surface area contributed by atoms with Crippen LogP contribution in [0.3, 0.4) is 0 Å². The Hall–Kier alpha value is -2.42. The number of rotatable bonds is 7. The molecule has 2 aromatic rings. The van der Waals surface area contributed by atoms with Crippen LogP contribution < -0.4 is 10.6 Å². The van der Waals surface area contributed by atoms with Gasteiger partial charge in [0.1, 0.15) is 6.54 Å². The van der Waals surface area contributed by atoms with Gasteiger partial charge in [0, 0.05) is 11.0 Å². The maximum absolute atomic E-state index is 11.9. The summed E-state index contributed by atoms with van der Waals surface area (Å²) in [5.74, 6) is 0.0517. The molecule has 2 amide bonds. The van der Waals surface area contributed by atoms with E-state index in [-0.39, 0.29) is 24.9 Å². The minimum absolute atomic E-state index is 0.0256. The molecule has 128 valence electrons. The first kappa shape index (κ1) is 17.9. The van der Waals surface area contributed by atoms with Gasteiger partial charge in [0.05, 0.1) is 12.8 Å². The molecule has 2 N–H and O–H groups in total. The van der Waals surface area contributed by atoms with Gasteiger partial charge in [-0.1, -0.05) is 33.3 Å². The lowest BCUT2D eigenvalue weighted by Crippen LogP contribution is -2.29. The summed E-state index contributed by atoms with van der Waals surface area (Å²) in [5, 5.41) is 12.7. The van der Waals surface area contributed by atoms with Crippen LogP contribution in [0.15, 0.2) is 34.9 Å². The number of aromatic nitrogens is 3. The maximum atomic E-state index is 11.9. The zero-order chi connectivity index (χ0) is 17.4. The van der Waals surface area contributed by atoms with E-state index in [1.165, 1.54) is 10.9 Å². The lowest BCUT2D eigenvalue weighted by molar-refractivity contribution is -0.121. The van der Waals surface area contributed by atoms with Gasteiger partial charge < -0.3 is 10.1 Å². The van der Waals surface area contributed by atoms with Crippen molar-refractivity contribution in [2.45, 2.75) is 19.9 Å². The quantitative estimate of drug-likeness (QED) is 0.746. The molecule has 0 saturated heterocycles. The summed E-state index contributed by atoms with van der Waals surface area (Å²) in [4.78, 5) is 23.1. The van der Waals surface area contributed by atoms with Crippen LogP contribution in [0, 0.1) is 0 Å². The largest absolute Gasteiger partial charge is 0.450 e. The topological polar surface area (TPSA) is 98.1 Å². The van der Waals surface area contributed by atoms with Crippen molar-refractivity contribution in [1.29, 1.82) is 0 Å². The fraction of sp³-hybridized carbons (Fsp3) is 0.333. The van der Waals surface area contributed by atoms with Crippen LogP contribution >= 0.6 is 15.9 Å². The van der Waals surface area contributed by atoms with E-state index in [9.17, 15) is 9.59 Å². The zero-order valence-electron chi connectivity index (χ0n) is 13.2. The Kier molecular flexibility index (Phi) is 6.74. The second-order valence-corrected chi connectivity index (χ2v) is 5.79. The van der Waals surface area contributed by atoms with Crippen molar-refractivity contribution >= 4 is 33.7 Å². The Labute approximate surface area is 147 Å². The number of halogens is 1. The monoisotopic (exact) mass is 395 g/mol. The number of benzene rings is 1. The number of nitrogens with zero attached hydrogens (tertiary/aromatic N) is 3. The first-order valence-corrected chi connectivity index (χ1v) is 8.21. The molecule has 2 rings (SSSR count). The molecule has 0 aliphatic heterocycles. The zero-order valence-corrected chi connectivity index (χ0v) is 14.7. The van der Waals surface area contributed by atoms with E-state index in [2.05, 4.69) is 36.9 Å².